The highest BCUT2D eigenvalue weighted by molar-refractivity contribution is 9.10. The van der Waals surface area contributed by atoms with E-state index in [1.165, 1.54) is 5.56 Å². The predicted molar refractivity (Wildman–Crippen MR) is 80.1 cm³/mol. The number of aliphatic hydroxyl groups excluding tert-OH is 1. The van der Waals surface area contributed by atoms with E-state index in [0.717, 1.165) is 17.3 Å². The van der Waals surface area contributed by atoms with Crippen molar-refractivity contribution in [1.29, 1.82) is 0 Å². The standard InChI is InChI=1S/C14H21BrN2O2/c1-10(16-14(19)17-11(2)9-18)3-4-12-5-7-13(15)8-6-12/h5-8,10-11,18H,3-4,9H2,1-2H3,(H2,16,17,19). The van der Waals surface area contributed by atoms with Gasteiger partial charge in [0.25, 0.3) is 0 Å². The number of hydrogen-bond donors (Lipinski definition) is 3. The van der Waals surface area contributed by atoms with Gasteiger partial charge in [0.05, 0.1) is 12.6 Å². The Morgan fingerprint density at radius 2 is 1.79 bits per heavy atom. The van der Waals surface area contributed by atoms with Gasteiger partial charge in [-0.2, -0.15) is 0 Å². The quantitative estimate of drug-likeness (QED) is 0.751. The van der Waals surface area contributed by atoms with E-state index in [0.29, 0.717) is 0 Å². The first-order chi connectivity index (χ1) is 9.01. The Labute approximate surface area is 122 Å². The van der Waals surface area contributed by atoms with E-state index in [-0.39, 0.29) is 24.7 Å². The van der Waals surface area contributed by atoms with Crippen LogP contribution in [0.3, 0.4) is 0 Å². The molecule has 2 unspecified atom stereocenters. The van der Waals surface area contributed by atoms with Crippen LogP contribution in [0.4, 0.5) is 4.79 Å². The Morgan fingerprint density at radius 3 is 2.37 bits per heavy atom. The molecule has 19 heavy (non-hydrogen) atoms. The average molecular weight is 329 g/mol. The molecule has 1 aromatic carbocycles. The van der Waals surface area contributed by atoms with Crippen LogP contribution in [0.25, 0.3) is 0 Å². The smallest absolute Gasteiger partial charge is 0.315 e. The molecule has 5 heteroatoms. The van der Waals surface area contributed by atoms with Crippen molar-refractivity contribution < 1.29 is 9.90 Å². The summed E-state index contributed by atoms with van der Waals surface area (Å²) in [4.78, 5) is 11.5. The number of aliphatic hydroxyl groups is 1. The lowest BCUT2D eigenvalue weighted by Gasteiger charge is -2.17. The summed E-state index contributed by atoms with van der Waals surface area (Å²) in [5.41, 5.74) is 1.25. The van der Waals surface area contributed by atoms with Crippen LogP contribution in [0.15, 0.2) is 28.7 Å². The molecule has 106 valence electrons. The highest BCUT2D eigenvalue weighted by atomic mass is 79.9. The molecule has 0 saturated carbocycles. The van der Waals surface area contributed by atoms with Gasteiger partial charge in [0.1, 0.15) is 0 Å². The van der Waals surface area contributed by atoms with Crippen molar-refractivity contribution in [2.75, 3.05) is 6.61 Å². The summed E-state index contributed by atoms with van der Waals surface area (Å²) in [6.07, 6.45) is 1.80. The SMILES string of the molecule is CC(CO)NC(=O)NC(C)CCc1ccc(Br)cc1. The third-order valence-electron chi connectivity index (χ3n) is 2.81. The van der Waals surface area contributed by atoms with E-state index in [4.69, 9.17) is 5.11 Å². The number of carbonyl (C=O) groups is 1. The molecule has 0 bridgehead atoms. The number of amides is 2. The Bertz CT molecular complexity index is 395. The number of benzene rings is 1. The minimum atomic E-state index is -0.232. The van der Waals surface area contributed by atoms with Crippen LogP contribution in [-0.4, -0.2) is 29.8 Å². The van der Waals surface area contributed by atoms with Crippen LogP contribution in [0.5, 0.6) is 0 Å². The maximum absolute atomic E-state index is 11.5. The van der Waals surface area contributed by atoms with Crippen molar-refractivity contribution >= 4 is 22.0 Å². The molecule has 0 aromatic heterocycles. The maximum Gasteiger partial charge on any atom is 0.315 e. The third kappa shape index (κ3) is 6.59. The van der Waals surface area contributed by atoms with Gasteiger partial charge in [-0.05, 0) is 44.4 Å². The number of halogens is 1. The van der Waals surface area contributed by atoms with E-state index in [1.807, 2.05) is 19.1 Å². The summed E-state index contributed by atoms with van der Waals surface area (Å²) in [6.45, 7) is 3.68. The molecule has 0 aliphatic heterocycles. The Balaban J connectivity index is 2.29. The molecule has 0 spiro atoms. The molecule has 0 fully saturated rings. The zero-order valence-electron chi connectivity index (χ0n) is 11.3. The van der Waals surface area contributed by atoms with Gasteiger partial charge in [0.15, 0.2) is 0 Å². The molecule has 0 saturated heterocycles. The van der Waals surface area contributed by atoms with Gasteiger partial charge in [-0.1, -0.05) is 28.1 Å². The number of aryl methyl sites for hydroxylation is 1. The molecule has 0 aliphatic carbocycles. The molecule has 2 atom stereocenters. The van der Waals surface area contributed by atoms with E-state index >= 15 is 0 Å². The van der Waals surface area contributed by atoms with Crippen LogP contribution in [-0.2, 0) is 6.42 Å². The van der Waals surface area contributed by atoms with Crippen molar-refractivity contribution in [1.82, 2.24) is 10.6 Å². The highest BCUT2D eigenvalue weighted by Gasteiger charge is 2.09. The monoisotopic (exact) mass is 328 g/mol. The summed E-state index contributed by atoms with van der Waals surface area (Å²) >= 11 is 3.40. The third-order valence-corrected chi connectivity index (χ3v) is 3.34. The predicted octanol–water partition coefficient (Wildman–Crippen LogP) is 2.45. The van der Waals surface area contributed by atoms with Gasteiger partial charge in [-0.25, -0.2) is 4.79 Å². The molecular formula is C14H21BrN2O2. The Kier molecular flexibility index (Phi) is 6.87. The zero-order chi connectivity index (χ0) is 14.3. The van der Waals surface area contributed by atoms with E-state index in [2.05, 4.69) is 38.7 Å². The zero-order valence-corrected chi connectivity index (χ0v) is 12.9. The van der Waals surface area contributed by atoms with Crippen molar-refractivity contribution in [3.8, 4) is 0 Å². The van der Waals surface area contributed by atoms with Gasteiger partial charge >= 0.3 is 6.03 Å². The van der Waals surface area contributed by atoms with Crippen LogP contribution >= 0.6 is 15.9 Å². The van der Waals surface area contributed by atoms with Crippen LogP contribution < -0.4 is 10.6 Å². The van der Waals surface area contributed by atoms with Crippen molar-refractivity contribution in [2.45, 2.75) is 38.8 Å². The van der Waals surface area contributed by atoms with Crippen molar-refractivity contribution in [2.24, 2.45) is 0 Å². The highest BCUT2D eigenvalue weighted by Crippen LogP contribution is 2.12. The average Bonchev–Trinajstić information content (AvgIpc) is 2.37. The molecule has 2 amide bonds. The molecule has 0 radical (unpaired) electrons. The van der Waals surface area contributed by atoms with Gasteiger partial charge in [-0.15, -0.1) is 0 Å². The summed E-state index contributed by atoms with van der Waals surface area (Å²) in [5.74, 6) is 0. The first-order valence-electron chi connectivity index (χ1n) is 6.43. The normalized spacial score (nSPS) is 13.7. The minimum absolute atomic E-state index is 0.0549. The van der Waals surface area contributed by atoms with Crippen molar-refractivity contribution in [3.05, 3.63) is 34.3 Å². The van der Waals surface area contributed by atoms with Crippen molar-refractivity contribution in [3.63, 3.8) is 0 Å². The minimum Gasteiger partial charge on any atom is -0.394 e. The summed E-state index contributed by atoms with van der Waals surface area (Å²) in [7, 11) is 0. The second-order valence-corrected chi connectivity index (χ2v) is 5.68. The van der Waals surface area contributed by atoms with Gasteiger partial charge in [0.2, 0.25) is 0 Å². The molecule has 3 N–H and O–H groups in total. The fourth-order valence-corrected chi connectivity index (χ4v) is 1.91. The molecule has 0 aliphatic rings. The largest absolute Gasteiger partial charge is 0.394 e. The van der Waals surface area contributed by atoms with E-state index in [9.17, 15) is 4.79 Å². The number of urea groups is 1. The lowest BCUT2D eigenvalue weighted by atomic mass is 10.1. The molecule has 1 aromatic rings. The lowest BCUT2D eigenvalue weighted by molar-refractivity contribution is 0.217. The summed E-state index contributed by atoms with van der Waals surface area (Å²) in [6, 6.07) is 7.82. The van der Waals surface area contributed by atoms with Gasteiger partial charge in [-0.3, -0.25) is 0 Å². The fourth-order valence-electron chi connectivity index (χ4n) is 1.64. The second kappa shape index (κ2) is 8.17. The van der Waals surface area contributed by atoms with E-state index in [1.54, 1.807) is 6.92 Å². The number of rotatable bonds is 6. The number of carbonyl (C=O) groups excluding carboxylic acids is 1. The van der Waals surface area contributed by atoms with Crippen LogP contribution in [0.2, 0.25) is 0 Å². The Morgan fingerprint density at radius 1 is 1.21 bits per heavy atom. The second-order valence-electron chi connectivity index (χ2n) is 4.77. The molecule has 4 nitrogen and oxygen atoms in total. The Hall–Kier alpha value is -1.07. The topological polar surface area (TPSA) is 61.4 Å². The first kappa shape index (κ1) is 16.0. The maximum atomic E-state index is 11.5. The molecular weight excluding hydrogens is 308 g/mol. The number of nitrogens with one attached hydrogen (secondary N) is 2. The molecule has 0 heterocycles. The lowest BCUT2D eigenvalue weighted by Crippen LogP contribution is -2.45. The first-order valence-corrected chi connectivity index (χ1v) is 7.23. The summed E-state index contributed by atoms with van der Waals surface area (Å²) < 4.78 is 1.07. The molecule has 1 rings (SSSR count). The van der Waals surface area contributed by atoms with Crippen LogP contribution in [0, 0.1) is 0 Å². The summed E-state index contributed by atoms with van der Waals surface area (Å²) in [5, 5.41) is 14.4. The van der Waals surface area contributed by atoms with Gasteiger partial charge < -0.3 is 15.7 Å². The van der Waals surface area contributed by atoms with Crippen LogP contribution in [0.1, 0.15) is 25.8 Å². The fraction of sp³-hybridized carbons (Fsp3) is 0.500. The number of hydrogen-bond acceptors (Lipinski definition) is 2. The van der Waals surface area contributed by atoms with Gasteiger partial charge in [0, 0.05) is 10.5 Å². The van der Waals surface area contributed by atoms with E-state index < -0.39 is 0 Å².